The Hall–Kier alpha value is -0.313. The summed E-state index contributed by atoms with van der Waals surface area (Å²) in [5, 5.41) is 8.37. The maximum Gasteiger partial charge on any atom is 0.306 e. The Morgan fingerprint density at radius 2 is 1.78 bits per heavy atom. The van der Waals surface area contributed by atoms with Crippen LogP contribution in [-0.2, 0) is 4.79 Å². The molecule has 0 unspecified atom stereocenters. The predicted octanol–water partition coefficient (Wildman–Crippen LogP) is 0.0556. The van der Waals surface area contributed by atoms with Crippen molar-refractivity contribution >= 4 is 16.9 Å². The first kappa shape index (κ1) is 11.5. The van der Waals surface area contributed by atoms with Crippen LogP contribution in [0.5, 0.6) is 0 Å². The van der Waals surface area contributed by atoms with Crippen molar-refractivity contribution in [2.24, 2.45) is 5.92 Å². The maximum absolute atomic E-state index is 10.2. The zero-order chi connectivity index (χ0) is 6.57. The monoisotopic (exact) mass is 148 g/mol. The summed E-state index contributed by atoms with van der Waals surface area (Å²) in [5.41, 5.74) is 0. The normalized spacial score (nSPS) is 8.78. The summed E-state index contributed by atoms with van der Waals surface area (Å²) in [6.07, 6.45) is 1.48. The summed E-state index contributed by atoms with van der Waals surface area (Å²) in [5.74, 6) is -0.801. The first-order valence-corrected chi connectivity index (χ1v) is 2.95. The largest absolute Gasteiger partial charge is 0.481 e. The Morgan fingerprint density at radius 3 is 1.78 bits per heavy atom. The zero-order valence-electron chi connectivity index (χ0n) is 5.35. The molecule has 0 atom stereocenters. The van der Waals surface area contributed by atoms with Crippen molar-refractivity contribution in [3.05, 3.63) is 0 Å². The molecule has 0 saturated heterocycles. The summed E-state index contributed by atoms with van der Waals surface area (Å²) in [6, 6.07) is 0. The van der Waals surface area contributed by atoms with Crippen LogP contribution in [0.4, 0.5) is 0 Å². The first-order valence-electron chi connectivity index (χ1n) is 2.95. The van der Waals surface area contributed by atoms with E-state index < -0.39 is 5.97 Å². The van der Waals surface area contributed by atoms with Crippen molar-refractivity contribution in [1.29, 1.82) is 0 Å². The average molecular weight is 148 g/mol. The highest BCUT2D eigenvalue weighted by Crippen LogP contribution is 2.05. The Labute approximate surface area is 60.3 Å². The molecule has 0 fully saturated rings. The number of carbonyl (C=O) groups is 1. The van der Waals surface area contributed by atoms with E-state index in [-0.39, 0.29) is 16.9 Å². The molecule has 0 aliphatic heterocycles. The number of hydrogen-bond acceptors (Lipinski definition) is 1. The van der Waals surface area contributed by atoms with Gasteiger partial charge in [-0.2, -0.15) is 0 Å². The topological polar surface area (TPSA) is 37.3 Å². The van der Waals surface area contributed by atoms with Crippen LogP contribution in [0.25, 0.3) is 0 Å². The lowest BCUT2D eigenvalue weighted by molar-refractivity contribution is -0.141. The van der Waals surface area contributed by atoms with Crippen molar-refractivity contribution in [2.75, 3.05) is 0 Å². The van der Waals surface area contributed by atoms with Gasteiger partial charge in [-0.1, -0.05) is 13.8 Å². The second-order valence-corrected chi connectivity index (χ2v) is 1.85. The highest BCUT2D eigenvalue weighted by Gasteiger charge is 2.10. The van der Waals surface area contributed by atoms with E-state index in [1.807, 2.05) is 13.8 Å². The van der Waals surface area contributed by atoms with E-state index in [2.05, 4.69) is 0 Å². The number of aliphatic carboxylic acids is 1. The lowest BCUT2D eigenvalue weighted by Crippen LogP contribution is -2.10. The smallest absolute Gasteiger partial charge is 0.306 e. The molecule has 3 heteroatoms. The van der Waals surface area contributed by atoms with Gasteiger partial charge in [-0.3, -0.25) is 4.79 Å². The number of carboxylic acids is 1. The second kappa shape index (κ2) is 5.82. The van der Waals surface area contributed by atoms with Crippen LogP contribution in [0.1, 0.15) is 26.7 Å². The number of carboxylic acid groups (broad SMARTS) is 1. The van der Waals surface area contributed by atoms with E-state index in [1.54, 1.807) is 0 Å². The molecule has 0 amide bonds. The van der Waals surface area contributed by atoms with E-state index in [4.69, 9.17) is 5.11 Å². The quantitative estimate of drug-likeness (QED) is 0.574. The predicted molar refractivity (Wildman–Crippen MR) is 43.0 cm³/mol. The van der Waals surface area contributed by atoms with Crippen LogP contribution in [-0.4, -0.2) is 22.0 Å². The van der Waals surface area contributed by atoms with Crippen LogP contribution >= 0.6 is 0 Å². The lowest BCUT2D eigenvalue weighted by atomic mass is 10.1. The van der Waals surface area contributed by atoms with Gasteiger partial charge >= 0.3 is 5.97 Å². The molecule has 0 aromatic rings. The summed E-state index contributed by atoms with van der Waals surface area (Å²) in [6.45, 7) is 3.78. The molecule has 0 aliphatic rings. The Kier molecular flexibility index (Phi) is 7.42. The van der Waals surface area contributed by atoms with Crippen LogP contribution in [0.2, 0.25) is 0 Å². The highest BCUT2D eigenvalue weighted by molar-refractivity contribution is 5.75. The van der Waals surface area contributed by atoms with Crippen molar-refractivity contribution < 1.29 is 9.90 Å². The minimum Gasteiger partial charge on any atom is -0.481 e. The van der Waals surface area contributed by atoms with E-state index in [9.17, 15) is 4.79 Å². The van der Waals surface area contributed by atoms with Gasteiger partial charge in [0.25, 0.3) is 0 Å². The summed E-state index contributed by atoms with van der Waals surface area (Å²) >= 11 is 0. The number of rotatable bonds is 3. The molecule has 0 spiro atoms. The average Bonchev–Trinajstić information content (AvgIpc) is 1.69. The van der Waals surface area contributed by atoms with Gasteiger partial charge < -0.3 is 5.11 Å². The molecule has 0 aromatic carbocycles. The molecule has 9 heavy (non-hydrogen) atoms. The van der Waals surface area contributed by atoms with Gasteiger partial charge in [0.1, 0.15) is 0 Å². The standard InChI is InChI=1S/C6H12O2.H4Si/c1-3-5(4-2)6(7)8;/h5H,3-4H2,1-2H3,(H,7,8);1H4. The Bertz CT molecular complexity index is 79.1. The molecular formula is C6H16O2Si. The lowest BCUT2D eigenvalue weighted by Gasteiger charge is -2.02. The molecule has 56 valence electrons. The van der Waals surface area contributed by atoms with Gasteiger partial charge in [0.2, 0.25) is 0 Å². The van der Waals surface area contributed by atoms with Crippen LogP contribution in [0, 0.1) is 5.92 Å². The van der Waals surface area contributed by atoms with Gasteiger partial charge in [-0.15, -0.1) is 0 Å². The third kappa shape index (κ3) is 4.21. The van der Waals surface area contributed by atoms with Gasteiger partial charge in [-0.05, 0) is 23.8 Å². The molecule has 0 heterocycles. The van der Waals surface area contributed by atoms with Gasteiger partial charge in [0.15, 0.2) is 0 Å². The van der Waals surface area contributed by atoms with E-state index in [0.717, 1.165) is 12.8 Å². The molecule has 0 rings (SSSR count). The van der Waals surface area contributed by atoms with Gasteiger partial charge in [-0.25, -0.2) is 0 Å². The van der Waals surface area contributed by atoms with Crippen molar-refractivity contribution in [3.63, 3.8) is 0 Å². The van der Waals surface area contributed by atoms with Gasteiger partial charge in [0.05, 0.1) is 5.92 Å². The maximum atomic E-state index is 10.2. The molecule has 2 nitrogen and oxygen atoms in total. The van der Waals surface area contributed by atoms with Crippen LogP contribution in [0.3, 0.4) is 0 Å². The number of hydrogen-bond donors (Lipinski definition) is 1. The Balaban J connectivity index is 0. The first-order chi connectivity index (χ1) is 3.72. The molecule has 0 bridgehead atoms. The zero-order valence-corrected chi connectivity index (χ0v) is 5.35. The van der Waals surface area contributed by atoms with Gasteiger partial charge in [0, 0.05) is 0 Å². The molecular weight excluding hydrogens is 132 g/mol. The van der Waals surface area contributed by atoms with Crippen molar-refractivity contribution in [1.82, 2.24) is 0 Å². The van der Waals surface area contributed by atoms with E-state index in [1.165, 1.54) is 0 Å². The SMILES string of the molecule is CCC(CC)C(=O)O.[SiH4]. The Morgan fingerprint density at radius 1 is 1.44 bits per heavy atom. The minimum absolute atomic E-state index is 0. The second-order valence-electron chi connectivity index (χ2n) is 1.85. The van der Waals surface area contributed by atoms with Crippen molar-refractivity contribution in [3.8, 4) is 0 Å². The molecule has 0 aromatic heterocycles. The van der Waals surface area contributed by atoms with Crippen LogP contribution < -0.4 is 0 Å². The third-order valence-corrected chi connectivity index (χ3v) is 1.33. The minimum atomic E-state index is -0.671. The molecule has 1 N–H and O–H groups in total. The fraction of sp³-hybridized carbons (Fsp3) is 0.833. The summed E-state index contributed by atoms with van der Waals surface area (Å²) < 4.78 is 0. The molecule has 0 radical (unpaired) electrons. The third-order valence-electron chi connectivity index (χ3n) is 1.33. The molecule has 0 saturated carbocycles. The van der Waals surface area contributed by atoms with Crippen molar-refractivity contribution in [2.45, 2.75) is 26.7 Å². The van der Waals surface area contributed by atoms with Crippen LogP contribution in [0.15, 0.2) is 0 Å². The molecule has 0 aliphatic carbocycles. The summed E-state index contributed by atoms with van der Waals surface area (Å²) in [4.78, 5) is 10.2. The highest BCUT2D eigenvalue weighted by atomic mass is 28.1. The van der Waals surface area contributed by atoms with E-state index >= 15 is 0 Å². The summed E-state index contributed by atoms with van der Waals surface area (Å²) in [7, 11) is 0. The fourth-order valence-corrected chi connectivity index (χ4v) is 0.638. The fourth-order valence-electron chi connectivity index (χ4n) is 0.638. The van der Waals surface area contributed by atoms with E-state index in [0.29, 0.717) is 0 Å².